The number of benzene rings is 2. The quantitative estimate of drug-likeness (QED) is 0.347. The van der Waals surface area contributed by atoms with Crippen molar-refractivity contribution in [2.75, 3.05) is 59.0 Å². The van der Waals surface area contributed by atoms with Gasteiger partial charge in [0.15, 0.2) is 0 Å². The summed E-state index contributed by atoms with van der Waals surface area (Å²) in [6.07, 6.45) is 2.39. The van der Waals surface area contributed by atoms with Crippen LogP contribution in [0.15, 0.2) is 48.5 Å². The molecule has 236 valence electrons. The van der Waals surface area contributed by atoms with Crippen LogP contribution in [0.5, 0.6) is 5.75 Å². The van der Waals surface area contributed by atoms with Crippen LogP contribution in [0.25, 0.3) is 0 Å². The second-order valence-electron chi connectivity index (χ2n) is 12.5. The van der Waals surface area contributed by atoms with Crippen LogP contribution in [-0.2, 0) is 9.53 Å². The zero-order valence-corrected chi connectivity index (χ0v) is 26.9. The minimum Gasteiger partial charge on any atom is -0.508 e. The van der Waals surface area contributed by atoms with Gasteiger partial charge >= 0.3 is 5.97 Å². The van der Waals surface area contributed by atoms with Crippen LogP contribution in [0, 0.1) is 5.92 Å². The Balaban J connectivity index is 1.48. The average molecular weight is 593 g/mol. The number of rotatable bonds is 12. The Labute approximate surface area is 258 Å². The summed E-state index contributed by atoms with van der Waals surface area (Å²) in [5, 5.41) is 10.4. The van der Waals surface area contributed by atoms with E-state index in [1.807, 2.05) is 36.1 Å². The molecule has 0 aliphatic carbocycles. The van der Waals surface area contributed by atoms with Gasteiger partial charge in [0, 0.05) is 69.9 Å². The van der Waals surface area contributed by atoms with E-state index in [4.69, 9.17) is 4.74 Å². The first-order chi connectivity index (χ1) is 20.7. The van der Waals surface area contributed by atoms with Gasteiger partial charge in [-0.15, -0.1) is 0 Å². The van der Waals surface area contributed by atoms with E-state index in [9.17, 15) is 14.7 Å². The van der Waals surface area contributed by atoms with Gasteiger partial charge in [0.25, 0.3) is 5.91 Å². The molecule has 8 heteroatoms. The molecule has 43 heavy (non-hydrogen) atoms. The summed E-state index contributed by atoms with van der Waals surface area (Å²) in [5.74, 6) is 0.836. The Bertz CT molecular complexity index is 1200. The lowest BCUT2D eigenvalue weighted by Crippen LogP contribution is -2.57. The Hall–Kier alpha value is -2.94. The second kappa shape index (κ2) is 15.7. The molecule has 1 N–H and O–H groups in total. The number of ether oxygens (including phenoxy) is 1. The number of esters is 1. The first-order valence-corrected chi connectivity index (χ1v) is 16.3. The Morgan fingerprint density at radius 1 is 0.953 bits per heavy atom. The Kier molecular flexibility index (Phi) is 12.0. The van der Waals surface area contributed by atoms with Crippen LogP contribution in [0.1, 0.15) is 81.4 Å². The zero-order valence-electron chi connectivity index (χ0n) is 26.9. The number of phenolic OH excluding ortho intramolecular Hbond substituents is 1. The predicted molar refractivity (Wildman–Crippen MR) is 171 cm³/mol. The molecule has 2 aromatic rings. The van der Waals surface area contributed by atoms with Gasteiger partial charge in [0.05, 0.1) is 12.6 Å². The fourth-order valence-corrected chi connectivity index (χ4v) is 6.52. The lowest BCUT2D eigenvalue weighted by Gasteiger charge is -2.48. The largest absolute Gasteiger partial charge is 0.508 e. The van der Waals surface area contributed by atoms with Crippen LogP contribution in [-0.4, -0.2) is 108 Å². The highest BCUT2D eigenvalue weighted by Crippen LogP contribution is 2.35. The van der Waals surface area contributed by atoms with Gasteiger partial charge in [-0.25, -0.2) is 0 Å². The summed E-state index contributed by atoms with van der Waals surface area (Å²) >= 11 is 0. The second-order valence-corrected chi connectivity index (χ2v) is 12.5. The molecule has 0 saturated carbocycles. The molecule has 0 bridgehead atoms. The van der Waals surface area contributed by atoms with Crippen molar-refractivity contribution in [1.82, 2.24) is 19.6 Å². The molecule has 2 aliphatic heterocycles. The van der Waals surface area contributed by atoms with E-state index in [-0.39, 0.29) is 23.7 Å². The number of carbonyl (C=O) groups is 2. The van der Waals surface area contributed by atoms with Gasteiger partial charge in [-0.1, -0.05) is 44.5 Å². The highest BCUT2D eigenvalue weighted by atomic mass is 16.5. The molecule has 1 amide bonds. The number of hydrogen-bond acceptors (Lipinski definition) is 7. The predicted octanol–water partition coefficient (Wildman–Crippen LogP) is 5.02. The number of hydrogen-bond donors (Lipinski definition) is 1. The summed E-state index contributed by atoms with van der Waals surface area (Å²) in [6.45, 7) is 18.2. The first kappa shape index (κ1) is 33.0. The van der Waals surface area contributed by atoms with Crippen LogP contribution in [0.4, 0.5) is 0 Å². The minimum atomic E-state index is -0.142. The van der Waals surface area contributed by atoms with Gasteiger partial charge in [0.2, 0.25) is 0 Å². The Morgan fingerprint density at radius 3 is 2.33 bits per heavy atom. The number of phenols is 1. The average Bonchev–Trinajstić information content (AvgIpc) is 3.00. The van der Waals surface area contributed by atoms with Gasteiger partial charge in [-0.05, 0) is 75.0 Å². The van der Waals surface area contributed by atoms with Crippen molar-refractivity contribution >= 4 is 11.9 Å². The van der Waals surface area contributed by atoms with Gasteiger partial charge in [-0.3, -0.25) is 24.3 Å². The molecule has 2 saturated heterocycles. The lowest BCUT2D eigenvalue weighted by atomic mass is 9.92. The topological polar surface area (TPSA) is 76.6 Å². The van der Waals surface area contributed by atoms with Crippen molar-refractivity contribution in [3.8, 4) is 5.75 Å². The molecule has 2 heterocycles. The van der Waals surface area contributed by atoms with Gasteiger partial charge in [0.1, 0.15) is 5.75 Å². The molecule has 4 rings (SSSR count). The zero-order chi connectivity index (χ0) is 30.9. The number of carbonyl (C=O) groups excluding carboxylic acids is 2. The Morgan fingerprint density at radius 2 is 1.65 bits per heavy atom. The maximum atomic E-state index is 13.7. The molecule has 2 fully saturated rings. The molecular formula is C35H52N4O4. The highest BCUT2D eigenvalue weighted by Gasteiger charge is 2.35. The highest BCUT2D eigenvalue weighted by molar-refractivity contribution is 5.94. The van der Waals surface area contributed by atoms with Crippen LogP contribution >= 0.6 is 0 Å². The van der Waals surface area contributed by atoms with E-state index in [1.54, 1.807) is 6.07 Å². The smallest absolute Gasteiger partial charge is 0.305 e. The van der Waals surface area contributed by atoms with E-state index in [1.165, 1.54) is 6.42 Å². The third-order valence-electron chi connectivity index (χ3n) is 9.19. The van der Waals surface area contributed by atoms with E-state index < -0.39 is 0 Å². The van der Waals surface area contributed by atoms with Crippen LogP contribution < -0.4 is 0 Å². The van der Waals surface area contributed by atoms with Crippen molar-refractivity contribution in [3.05, 3.63) is 65.2 Å². The molecule has 4 atom stereocenters. The van der Waals surface area contributed by atoms with E-state index >= 15 is 0 Å². The summed E-state index contributed by atoms with van der Waals surface area (Å²) in [4.78, 5) is 34.8. The van der Waals surface area contributed by atoms with Crippen molar-refractivity contribution in [1.29, 1.82) is 0 Å². The van der Waals surface area contributed by atoms with Gasteiger partial charge < -0.3 is 14.7 Å². The molecule has 2 aromatic carbocycles. The van der Waals surface area contributed by atoms with Crippen LogP contribution in [0.3, 0.4) is 0 Å². The number of nitrogens with zero attached hydrogens (tertiary/aromatic N) is 4. The molecule has 0 radical (unpaired) electrons. The maximum absolute atomic E-state index is 13.7. The molecule has 8 nitrogen and oxygen atoms in total. The standard InChI is InChI=1S/C35H52N4O4/c1-6-26(3)23-38-24-28(5)39(25-27(38)4)34(30-12-9-14-32(40)22-30)29-11-8-13-31(21-29)35(42)37-19-17-36(18-20-37)16-10-15-33(41)43-7-2/h8-9,11-14,21-22,26-28,34,40H,6-7,10,15-20,23-25H2,1-5H3/t26?,27-,28+,34?/m1/s1. The van der Waals surface area contributed by atoms with Crippen LogP contribution in [0.2, 0.25) is 0 Å². The molecule has 0 spiro atoms. The number of amides is 1. The van der Waals surface area contributed by atoms with Crippen molar-refractivity contribution < 1.29 is 19.4 Å². The minimum absolute atomic E-state index is 0.0578. The fourth-order valence-electron chi connectivity index (χ4n) is 6.52. The summed E-state index contributed by atoms with van der Waals surface area (Å²) in [7, 11) is 0. The van der Waals surface area contributed by atoms with E-state index in [0.29, 0.717) is 49.7 Å². The molecule has 0 aromatic heterocycles. The normalized spacial score (nSPS) is 21.8. The third-order valence-corrected chi connectivity index (χ3v) is 9.19. The van der Waals surface area contributed by atoms with Crippen molar-refractivity contribution in [3.63, 3.8) is 0 Å². The van der Waals surface area contributed by atoms with Crippen molar-refractivity contribution in [2.45, 2.75) is 72.0 Å². The summed E-state index contributed by atoms with van der Waals surface area (Å²) in [5.41, 5.74) is 2.81. The van der Waals surface area contributed by atoms with Gasteiger partial charge in [-0.2, -0.15) is 0 Å². The SMILES string of the molecule is CCOC(=O)CCCN1CCN(C(=O)c2cccc(C(c3cccc(O)c3)N3C[C@@H](C)N(CC(C)CC)C[C@@H]3C)c2)CC1. The molecular weight excluding hydrogens is 540 g/mol. The fraction of sp³-hybridized carbons (Fsp3) is 0.600. The first-order valence-electron chi connectivity index (χ1n) is 16.3. The van der Waals surface area contributed by atoms with Crippen molar-refractivity contribution in [2.24, 2.45) is 5.92 Å². The monoisotopic (exact) mass is 592 g/mol. The third kappa shape index (κ3) is 8.80. The molecule has 2 unspecified atom stereocenters. The molecule has 2 aliphatic rings. The summed E-state index contributed by atoms with van der Waals surface area (Å²) < 4.78 is 5.03. The lowest BCUT2D eigenvalue weighted by molar-refractivity contribution is -0.143. The summed E-state index contributed by atoms with van der Waals surface area (Å²) in [6, 6.07) is 16.3. The van der Waals surface area contributed by atoms with E-state index in [2.05, 4.69) is 60.6 Å². The number of piperazine rings is 2. The van der Waals surface area contributed by atoms with E-state index in [0.717, 1.165) is 56.8 Å². The maximum Gasteiger partial charge on any atom is 0.305 e. The number of aromatic hydroxyl groups is 1.